The summed E-state index contributed by atoms with van der Waals surface area (Å²) >= 11 is 1.30. The Balaban J connectivity index is 1.76. The molecule has 2 aromatic carbocycles. The largest absolute Gasteiger partial charge is 0.495 e. The second-order valence-corrected chi connectivity index (χ2v) is 10.1. The van der Waals surface area contributed by atoms with Crippen LogP contribution in [0.25, 0.3) is 10.2 Å². The van der Waals surface area contributed by atoms with E-state index in [-0.39, 0.29) is 17.2 Å². The molecule has 1 N–H and O–H groups in total. The first-order valence-corrected chi connectivity index (χ1v) is 11.3. The number of rotatable bonds is 7. The number of carbonyl (C=O) groups excluding carboxylic acids is 1. The number of hydrogen-bond acceptors (Lipinski definition) is 7. The third-order valence-corrected chi connectivity index (χ3v) is 7.55. The van der Waals surface area contributed by atoms with Gasteiger partial charge in [-0.05, 0) is 43.7 Å². The standard InChI is InChI=1S/C20H22N2O5S2/c1-12(2)29(24,25)14-7-5-13(6-8-14)11-17(23)21-20-22-18-15(26-3)9-10-16(27-4)19(18)28-20/h5-10,12H,11H2,1-4H3,(H,21,22,23). The fourth-order valence-corrected chi connectivity index (χ4v) is 4.81. The zero-order valence-electron chi connectivity index (χ0n) is 16.6. The maximum absolute atomic E-state index is 12.4. The van der Waals surface area contributed by atoms with Gasteiger partial charge in [-0.3, -0.25) is 4.79 Å². The summed E-state index contributed by atoms with van der Waals surface area (Å²) in [6.45, 7) is 3.28. The number of nitrogens with zero attached hydrogens (tertiary/aromatic N) is 1. The van der Waals surface area contributed by atoms with Crippen LogP contribution in [-0.4, -0.2) is 38.8 Å². The van der Waals surface area contributed by atoms with Crippen LogP contribution in [0.15, 0.2) is 41.3 Å². The van der Waals surface area contributed by atoms with Crippen LogP contribution in [0.1, 0.15) is 19.4 Å². The minimum absolute atomic E-state index is 0.103. The summed E-state index contributed by atoms with van der Waals surface area (Å²) in [4.78, 5) is 17.1. The third-order valence-electron chi connectivity index (χ3n) is 4.39. The Kier molecular flexibility index (Phi) is 6.09. The average molecular weight is 435 g/mol. The predicted octanol–water partition coefficient (Wildman–Crippen LogP) is 3.68. The zero-order valence-corrected chi connectivity index (χ0v) is 18.2. The van der Waals surface area contributed by atoms with Gasteiger partial charge < -0.3 is 14.8 Å². The van der Waals surface area contributed by atoms with Crippen molar-refractivity contribution in [2.45, 2.75) is 30.4 Å². The number of benzene rings is 2. The lowest BCUT2D eigenvalue weighted by Crippen LogP contribution is -2.15. The van der Waals surface area contributed by atoms with Crippen molar-refractivity contribution >= 4 is 42.4 Å². The molecule has 0 spiro atoms. The van der Waals surface area contributed by atoms with Crippen molar-refractivity contribution in [2.24, 2.45) is 0 Å². The van der Waals surface area contributed by atoms with Crippen LogP contribution in [0, 0.1) is 0 Å². The number of nitrogens with one attached hydrogen (secondary N) is 1. The van der Waals surface area contributed by atoms with Gasteiger partial charge in [0.2, 0.25) is 5.91 Å². The Morgan fingerprint density at radius 2 is 1.69 bits per heavy atom. The van der Waals surface area contributed by atoms with E-state index in [1.165, 1.54) is 23.5 Å². The summed E-state index contributed by atoms with van der Waals surface area (Å²) in [6.07, 6.45) is 0.103. The van der Waals surface area contributed by atoms with Gasteiger partial charge in [-0.2, -0.15) is 0 Å². The lowest BCUT2D eigenvalue weighted by Gasteiger charge is -2.08. The zero-order chi connectivity index (χ0) is 21.2. The quantitative estimate of drug-likeness (QED) is 0.610. The molecule has 9 heteroatoms. The fraction of sp³-hybridized carbons (Fsp3) is 0.300. The molecule has 3 aromatic rings. The molecule has 0 aliphatic heterocycles. The SMILES string of the molecule is COc1ccc(OC)c2sc(NC(=O)Cc3ccc(S(=O)(=O)C(C)C)cc3)nc12. The van der Waals surface area contributed by atoms with Gasteiger partial charge >= 0.3 is 0 Å². The number of hydrogen-bond donors (Lipinski definition) is 1. The summed E-state index contributed by atoms with van der Waals surface area (Å²) in [5.41, 5.74) is 1.33. The van der Waals surface area contributed by atoms with Crippen LogP contribution in [0.4, 0.5) is 5.13 Å². The predicted molar refractivity (Wildman–Crippen MR) is 114 cm³/mol. The monoisotopic (exact) mass is 434 g/mol. The summed E-state index contributed by atoms with van der Waals surface area (Å²) in [6, 6.07) is 9.92. The van der Waals surface area contributed by atoms with Crippen molar-refractivity contribution in [1.29, 1.82) is 0 Å². The van der Waals surface area contributed by atoms with Gasteiger partial charge in [0.1, 0.15) is 21.7 Å². The average Bonchev–Trinajstić information content (AvgIpc) is 3.10. The van der Waals surface area contributed by atoms with Crippen LogP contribution in [0.3, 0.4) is 0 Å². The smallest absolute Gasteiger partial charge is 0.230 e. The first kappa shape index (κ1) is 21.1. The molecule has 0 fully saturated rings. The van der Waals surface area contributed by atoms with Crippen LogP contribution in [0.2, 0.25) is 0 Å². The topological polar surface area (TPSA) is 94.6 Å². The molecule has 7 nitrogen and oxygen atoms in total. The number of anilines is 1. The third kappa shape index (κ3) is 4.35. The summed E-state index contributed by atoms with van der Waals surface area (Å²) in [7, 11) is -0.202. The van der Waals surface area contributed by atoms with E-state index in [2.05, 4.69) is 10.3 Å². The minimum Gasteiger partial charge on any atom is -0.495 e. The molecule has 1 aromatic heterocycles. The van der Waals surface area contributed by atoms with E-state index in [4.69, 9.17) is 9.47 Å². The summed E-state index contributed by atoms with van der Waals surface area (Å²) in [5.74, 6) is 1.00. The van der Waals surface area contributed by atoms with Crippen molar-refractivity contribution in [1.82, 2.24) is 4.98 Å². The number of carbonyl (C=O) groups is 1. The molecule has 29 heavy (non-hydrogen) atoms. The molecule has 0 aliphatic carbocycles. The highest BCUT2D eigenvalue weighted by atomic mass is 32.2. The van der Waals surface area contributed by atoms with E-state index < -0.39 is 15.1 Å². The van der Waals surface area contributed by atoms with Gasteiger partial charge in [0, 0.05) is 0 Å². The highest BCUT2D eigenvalue weighted by molar-refractivity contribution is 7.92. The van der Waals surface area contributed by atoms with E-state index in [0.29, 0.717) is 27.7 Å². The Morgan fingerprint density at radius 3 is 2.28 bits per heavy atom. The van der Waals surface area contributed by atoms with Crippen molar-refractivity contribution in [3.63, 3.8) is 0 Å². The molecule has 1 amide bonds. The second-order valence-electron chi connectivity index (χ2n) is 6.63. The van der Waals surface area contributed by atoms with E-state index in [9.17, 15) is 13.2 Å². The Hall–Kier alpha value is -2.65. The first-order valence-electron chi connectivity index (χ1n) is 8.90. The van der Waals surface area contributed by atoms with Crippen LogP contribution in [0.5, 0.6) is 11.5 Å². The van der Waals surface area contributed by atoms with Gasteiger partial charge in [-0.15, -0.1) is 0 Å². The fourth-order valence-electron chi connectivity index (χ4n) is 2.76. The first-order chi connectivity index (χ1) is 13.8. The second kappa shape index (κ2) is 8.38. The molecule has 0 aliphatic rings. The Morgan fingerprint density at radius 1 is 1.07 bits per heavy atom. The molecular weight excluding hydrogens is 412 g/mol. The van der Waals surface area contributed by atoms with Gasteiger partial charge in [-0.25, -0.2) is 13.4 Å². The highest BCUT2D eigenvalue weighted by Gasteiger charge is 2.19. The van der Waals surface area contributed by atoms with Crippen molar-refractivity contribution in [2.75, 3.05) is 19.5 Å². The number of amides is 1. The van der Waals surface area contributed by atoms with Gasteiger partial charge in [0.25, 0.3) is 0 Å². The molecule has 0 saturated carbocycles. The Bertz CT molecular complexity index is 1090. The molecule has 3 rings (SSSR count). The number of thiazole rings is 1. The van der Waals surface area contributed by atoms with E-state index >= 15 is 0 Å². The van der Waals surface area contributed by atoms with Crippen LogP contribution in [-0.2, 0) is 21.1 Å². The highest BCUT2D eigenvalue weighted by Crippen LogP contribution is 2.38. The number of sulfone groups is 1. The van der Waals surface area contributed by atoms with Gasteiger partial charge in [0.05, 0.1) is 30.8 Å². The van der Waals surface area contributed by atoms with Crippen LogP contribution >= 0.6 is 11.3 Å². The number of fused-ring (bicyclic) bond motifs is 1. The molecule has 0 bridgehead atoms. The lowest BCUT2D eigenvalue weighted by atomic mass is 10.1. The normalized spacial score (nSPS) is 11.6. The van der Waals surface area contributed by atoms with Crippen molar-refractivity contribution < 1.29 is 22.7 Å². The molecule has 0 unspecified atom stereocenters. The molecule has 0 radical (unpaired) electrons. The van der Waals surface area contributed by atoms with E-state index in [1.54, 1.807) is 52.3 Å². The minimum atomic E-state index is -3.33. The molecule has 1 heterocycles. The van der Waals surface area contributed by atoms with Crippen molar-refractivity contribution in [3.05, 3.63) is 42.0 Å². The van der Waals surface area contributed by atoms with E-state index in [1.807, 2.05) is 0 Å². The summed E-state index contributed by atoms with van der Waals surface area (Å²) in [5, 5.41) is 2.73. The Labute approximate surface area is 173 Å². The van der Waals surface area contributed by atoms with Crippen molar-refractivity contribution in [3.8, 4) is 11.5 Å². The molecular formula is C20H22N2O5S2. The molecule has 0 atom stereocenters. The summed E-state index contributed by atoms with van der Waals surface area (Å²) < 4.78 is 35.8. The number of ether oxygens (including phenoxy) is 2. The number of methoxy groups -OCH3 is 2. The molecule has 0 saturated heterocycles. The van der Waals surface area contributed by atoms with Gasteiger partial charge in [0.15, 0.2) is 15.0 Å². The number of aromatic nitrogens is 1. The van der Waals surface area contributed by atoms with E-state index in [0.717, 1.165) is 4.70 Å². The van der Waals surface area contributed by atoms with Crippen LogP contribution < -0.4 is 14.8 Å². The van der Waals surface area contributed by atoms with Gasteiger partial charge in [-0.1, -0.05) is 23.5 Å². The maximum atomic E-state index is 12.4. The molecule has 154 valence electrons. The lowest BCUT2D eigenvalue weighted by molar-refractivity contribution is -0.115. The maximum Gasteiger partial charge on any atom is 0.230 e.